The van der Waals surface area contributed by atoms with E-state index in [9.17, 15) is 24.0 Å². The van der Waals surface area contributed by atoms with Crippen LogP contribution in [-0.2, 0) is 28.4 Å². The van der Waals surface area contributed by atoms with Crippen molar-refractivity contribution in [1.29, 1.82) is 0 Å². The summed E-state index contributed by atoms with van der Waals surface area (Å²) in [7, 11) is 0. The Kier molecular flexibility index (Phi) is 24.8. The summed E-state index contributed by atoms with van der Waals surface area (Å²) in [5, 5.41) is 13.9. The number of alkyl carbamates (subject to hydrolysis) is 3. The molecule has 2 aliphatic heterocycles. The molecule has 0 aromatic carbocycles. The Labute approximate surface area is 302 Å². The number of hydrogen-bond donors (Lipinski definition) is 5. The molecule has 17 heteroatoms. The molecule has 2 aliphatic rings. The van der Waals surface area contributed by atoms with Gasteiger partial charge in [-0.25, -0.2) is 28.9 Å². The van der Waals surface area contributed by atoms with Gasteiger partial charge in [-0.1, -0.05) is 45.4 Å². The smallest absolute Gasteiger partial charge is 0.407 e. The molecule has 0 aromatic rings. The quantitative estimate of drug-likeness (QED) is 0.0408. The highest BCUT2D eigenvalue weighted by Crippen LogP contribution is 2.09. The van der Waals surface area contributed by atoms with Gasteiger partial charge < -0.3 is 55.0 Å². The highest BCUT2D eigenvalue weighted by molar-refractivity contribution is 5.93. The monoisotopic (exact) mass is 730 g/mol. The van der Waals surface area contributed by atoms with Gasteiger partial charge in [0.25, 0.3) is 0 Å². The number of nitrogens with one attached hydrogen (secondary N) is 5. The van der Waals surface area contributed by atoms with E-state index >= 15 is 0 Å². The number of urea groups is 2. The maximum Gasteiger partial charge on any atom is 0.407 e. The molecule has 2 unspecified atom stereocenters. The molecule has 2 atom stereocenters. The number of nitrogens with zero attached hydrogens (tertiary/aromatic N) is 1. The average Bonchev–Trinajstić information content (AvgIpc) is 4.06. The van der Waals surface area contributed by atoms with Crippen molar-refractivity contribution in [3.05, 3.63) is 0 Å². The van der Waals surface area contributed by atoms with E-state index in [1.807, 2.05) is 6.92 Å². The Balaban J connectivity index is 1.57. The number of rotatable bonds is 30. The van der Waals surface area contributed by atoms with Crippen LogP contribution in [0.1, 0.15) is 90.4 Å². The minimum atomic E-state index is -0.456. The maximum atomic E-state index is 13.0. The van der Waals surface area contributed by atoms with Gasteiger partial charge >= 0.3 is 30.3 Å². The first-order chi connectivity index (χ1) is 24.9. The van der Waals surface area contributed by atoms with Crippen molar-refractivity contribution in [1.82, 2.24) is 31.5 Å². The summed E-state index contributed by atoms with van der Waals surface area (Å²) in [6.07, 6.45) is 9.17. The molecule has 0 bridgehead atoms. The van der Waals surface area contributed by atoms with Gasteiger partial charge in [-0.05, 0) is 44.9 Å². The lowest BCUT2D eigenvalue weighted by Gasteiger charge is -2.22. The van der Waals surface area contributed by atoms with Gasteiger partial charge in [0.15, 0.2) is 0 Å². The van der Waals surface area contributed by atoms with Crippen molar-refractivity contribution in [2.75, 3.05) is 85.5 Å². The fourth-order valence-corrected chi connectivity index (χ4v) is 4.66. The minimum absolute atomic E-state index is 0.0276. The molecule has 0 aliphatic carbocycles. The van der Waals surface area contributed by atoms with Crippen LogP contribution in [0.5, 0.6) is 0 Å². The fourth-order valence-electron chi connectivity index (χ4n) is 4.66. The largest absolute Gasteiger partial charge is 0.447 e. The van der Waals surface area contributed by atoms with Crippen molar-refractivity contribution < 1.29 is 52.4 Å². The van der Waals surface area contributed by atoms with E-state index in [0.29, 0.717) is 65.6 Å². The zero-order chi connectivity index (χ0) is 36.8. The van der Waals surface area contributed by atoms with Gasteiger partial charge in [-0.15, -0.1) is 0 Å². The lowest BCUT2D eigenvalue weighted by Crippen LogP contribution is -2.49. The molecule has 0 radical (unpaired) electrons. The standard InChI is InChI=1S/C34H62N6O11/c1-2-21-46-22-23-47-32(43)37-17-11-5-3-9-15-35-30(41)40(20-14-8-7-13-19-39-34(45)51-27-29-25-49-29)31(42)36-16-10-4-6-12-18-38-33(44)50-26-28-24-48-28/h28-29H,2-27H2,1H3,(H,35,41)(H,36,42)(H,37,43)(H,38,44)(H,39,45). The first kappa shape index (κ1) is 43.6. The number of hydrogen-bond acceptors (Lipinski definition) is 11. The Morgan fingerprint density at radius 3 is 1.33 bits per heavy atom. The predicted octanol–water partition coefficient (Wildman–Crippen LogP) is 3.79. The van der Waals surface area contributed by atoms with Crippen LogP contribution in [0.2, 0.25) is 0 Å². The van der Waals surface area contributed by atoms with Crippen molar-refractivity contribution in [3.8, 4) is 0 Å². The molecule has 17 nitrogen and oxygen atoms in total. The van der Waals surface area contributed by atoms with Crippen molar-refractivity contribution in [2.24, 2.45) is 0 Å². The number of epoxide rings is 2. The van der Waals surface area contributed by atoms with Crippen LogP contribution in [-0.4, -0.2) is 133 Å². The minimum Gasteiger partial charge on any atom is -0.447 e. The highest BCUT2D eigenvalue weighted by Gasteiger charge is 2.25. The molecule has 2 rings (SSSR count). The van der Waals surface area contributed by atoms with E-state index < -0.39 is 30.3 Å². The van der Waals surface area contributed by atoms with Crippen LogP contribution in [0.25, 0.3) is 0 Å². The summed E-state index contributed by atoms with van der Waals surface area (Å²) in [4.78, 5) is 62.2. The molecule has 0 aromatic heterocycles. The number of imide groups is 1. The first-order valence-corrected chi connectivity index (χ1v) is 18.7. The zero-order valence-corrected chi connectivity index (χ0v) is 30.5. The zero-order valence-electron chi connectivity index (χ0n) is 30.5. The number of amides is 7. The van der Waals surface area contributed by atoms with E-state index in [-0.39, 0.29) is 38.6 Å². The second-order valence-corrected chi connectivity index (χ2v) is 12.5. The molecule has 0 spiro atoms. The van der Waals surface area contributed by atoms with Crippen LogP contribution in [0.15, 0.2) is 0 Å². The second kappa shape index (κ2) is 29.1. The van der Waals surface area contributed by atoms with Gasteiger partial charge in [-0.2, -0.15) is 0 Å². The topological polar surface area (TPSA) is 211 Å². The summed E-state index contributed by atoms with van der Waals surface area (Å²) in [5.41, 5.74) is 0. The number of unbranched alkanes of at least 4 members (excludes halogenated alkanes) is 9. The van der Waals surface area contributed by atoms with E-state index in [1.165, 1.54) is 4.90 Å². The summed E-state index contributed by atoms with van der Waals surface area (Å²) in [6, 6.07) is -0.870. The fraction of sp³-hybridized carbons (Fsp3) is 0.853. The molecule has 0 saturated carbocycles. The third-order valence-corrected chi connectivity index (χ3v) is 7.78. The van der Waals surface area contributed by atoms with Crippen LogP contribution in [0.4, 0.5) is 24.0 Å². The molecular formula is C34H62N6O11. The average molecular weight is 731 g/mol. The maximum absolute atomic E-state index is 13.0. The van der Waals surface area contributed by atoms with Crippen molar-refractivity contribution >= 4 is 30.3 Å². The SMILES string of the molecule is CCCOCCOC(=O)NCCCCCCNC(=O)N(CCCCCCNC(=O)OCC1CO1)C(=O)NCCCCCCNC(=O)OCC1CO1. The Bertz CT molecular complexity index is 984. The van der Waals surface area contributed by atoms with Crippen LogP contribution in [0.3, 0.4) is 0 Å². The molecule has 2 heterocycles. The Morgan fingerprint density at radius 1 is 0.529 bits per heavy atom. The van der Waals surface area contributed by atoms with Gasteiger partial charge in [0.2, 0.25) is 0 Å². The van der Waals surface area contributed by atoms with E-state index in [2.05, 4.69) is 26.6 Å². The Hall–Kier alpha value is -3.57. The summed E-state index contributed by atoms with van der Waals surface area (Å²) >= 11 is 0. The van der Waals surface area contributed by atoms with E-state index in [1.54, 1.807) is 0 Å². The molecule has 51 heavy (non-hydrogen) atoms. The normalized spacial score (nSPS) is 15.6. The third kappa shape index (κ3) is 26.0. The van der Waals surface area contributed by atoms with Gasteiger partial charge in [0, 0.05) is 45.9 Å². The molecule has 2 saturated heterocycles. The molecule has 5 N–H and O–H groups in total. The van der Waals surface area contributed by atoms with Gasteiger partial charge in [-0.3, -0.25) is 0 Å². The lowest BCUT2D eigenvalue weighted by molar-refractivity contribution is 0.0731. The Morgan fingerprint density at radius 2 is 0.922 bits per heavy atom. The number of ether oxygens (including phenoxy) is 6. The van der Waals surface area contributed by atoms with E-state index in [0.717, 1.165) is 77.0 Å². The highest BCUT2D eigenvalue weighted by atomic mass is 16.6. The van der Waals surface area contributed by atoms with Gasteiger partial charge in [0.05, 0.1) is 19.8 Å². The second-order valence-electron chi connectivity index (χ2n) is 12.5. The number of carbonyl (C=O) groups is 5. The first-order valence-electron chi connectivity index (χ1n) is 18.7. The van der Waals surface area contributed by atoms with Crippen molar-refractivity contribution in [2.45, 2.75) is 103 Å². The van der Waals surface area contributed by atoms with Crippen LogP contribution >= 0.6 is 0 Å². The lowest BCUT2D eigenvalue weighted by atomic mass is 10.2. The summed E-state index contributed by atoms with van der Waals surface area (Å²) in [6.45, 7) is 7.74. The molecule has 2 fully saturated rings. The van der Waals surface area contributed by atoms with Crippen LogP contribution in [0, 0.1) is 0 Å². The van der Waals surface area contributed by atoms with Crippen LogP contribution < -0.4 is 26.6 Å². The molecule has 7 amide bonds. The molecule has 294 valence electrons. The van der Waals surface area contributed by atoms with Gasteiger partial charge in [0.1, 0.15) is 32.0 Å². The van der Waals surface area contributed by atoms with E-state index in [4.69, 9.17) is 28.4 Å². The molecular weight excluding hydrogens is 668 g/mol. The summed E-state index contributed by atoms with van der Waals surface area (Å²) < 4.78 is 30.4. The predicted molar refractivity (Wildman–Crippen MR) is 188 cm³/mol. The van der Waals surface area contributed by atoms with Crippen molar-refractivity contribution in [3.63, 3.8) is 0 Å². The summed E-state index contributed by atoms with van der Waals surface area (Å²) in [5.74, 6) is 0. The third-order valence-electron chi connectivity index (χ3n) is 7.78. The number of carbonyl (C=O) groups excluding carboxylic acids is 5.